The first-order valence-electron chi connectivity index (χ1n) is 3.47. The van der Waals surface area contributed by atoms with Crippen LogP contribution >= 0.6 is 0 Å². The quantitative estimate of drug-likeness (QED) is 0.484. The van der Waals surface area contributed by atoms with Crippen LogP contribution in [0.2, 0.25) is 0 Å². The third kappa shape index (κ3) is 4.32. The van der Waals surface area contributed by atoms with E-state index < -0.39 is 24.3 Å². The molecule has 0 spiro atoms. The molecule has 8 heteroatoms. The number of hydrogen-bond donors (Lipinski definition) is 0. The molecule has 0 N–H and O–H groups in total. The molecule has 1 heterocycles. The maximum Gasteiger partial charge on any atom is 1.00 e. The molecule has 0 aliphatic heterocycles. The molecule has 0 aliphatic rings. The Morgan fingerprint density at radius 2 is 2.00 bits per heavy atom. The van der Waals surface area contributed by atoms with E-state index in [4.69, 9.17) is 0 Å². The molecule has 4 nitrogen and oxygen atoms in total. The molecule has 0 amide bonds. The summed E-state index contributed by atoms with van der Waals surface area (Å²) in [5.41, 5.74) is -1.49. The second kappa shape index (κ2) is 5.14. The van der Waals surface area contributed by atoms with Gasteiger partial charge in [0, 0.05) is 18.6 Å². The summed E-state index contributed by atoms with van der Waals surface area (Å²) in [6, 6.07) is 0. The van der Waals surface area contributed by atoms with E-state index >= 15 is 0 Å². The fraction of sp³-hybridized carbons (Fsp3) is 0.286. The average molecular weight is 212 g/mol. The van der Waals surface area contributed by atoms with Gasteiger partial charge in [0.2, 0.25) is 0 Å². The van der Waals surface area contributed by atoms with Crippen LogP contribution in [0.5, 0.6) is 0 Å². The molecule has 0 radical (unpaired) electrons. The molecule has 0 aliphatic carbocycles. The van der Waals surface area contributed by atoms with Crippen LogP contribution in [0.3, 0.4) is 0 Å². The summed E-state index contributed by atoms with van der Waals surface area (Å²) in [5, 5.41) is 10.1. The number of carbonyl (C=O) groups excluding carboxylic acids is 1. The van der Waals surface area contributed by atoms with Gasteiger partial charge >= 0.3 is 25.0 Å². The number of carboxylic acid groups (broad SMARTS) is 1. The summed E-state index contributed by atoms with van der Waals surface area (Å²) >= 11 is 0. The maximum atomic E-state index is 12.0. The van der Waals surface area contributed by atoms with Crippen molar-refractivity contribution in [1.82, 2.24) is 9.97 Å². The summed E-state index contributed by atoms with van der Waals surface area (Å²) in [7, 11) is 0. The van der Waals surface area contributed by atoms with Crippen molar-refractivity contribution in [2.75, 3.05) is 0 Å². The third-order valence-corrected chi connectivity index (χ3v) is 1.30. The Labute approximate surface area is 94.7 Å². The fourth-order valence-corrected chi connectivity index (χ4v) is 0.776. The summed E-state index contributed by atoms with van der Waals surface area (Å²) in [4.78, 5) is 16.4. The van der Waals surface area contributed by atoms with Crippen molar-refractivity contribution >= 4 is 5.97 Å². The van der Waals surface area contributed by atoms with E-state index in [1.54, 1.807) is 0 Å². The standard InChI is InChI=1S/C7H5F3N2O2.Li/c8-7(9,10)5-3-11-2-4(12-5)1-6(13)14;/h2-3H,1H2,(H,13,14);/q;+1/p-1. The molecule has 0 atom stereocenters. The number of aliphatic carboxylic acids is 1. The van der Waals surface area contributed by atoms with Crippen LogP contribution in [0.1, 0.15) is 11.4 Å². The zero-order valence-electron chi connectivity index (χ0n) is 7.71. The predicted octanol–water partition coefficient (Wildman–Crippen LogP) is -3.21. The fourth-order valence-electron chi connectivity index (χ4n) is 0.776. The minimum Gasteiger partial charge on any atom is -0.550 e. The normalized spacial score (nSPS) is 10.6. The number of rotatable bonds is 2. The Hall–Kier alpha value is -1.06. The molecule has 0 fully saturated rings. The van der Waals surface area contributed by atoms with Crippen molar-refractivity contribution in [2.45, 2.75) is 12.6 Å². The van der Waals surface area contributed by atoms with Gasteiger partial charge in [0.15, 0.2) is 5.69 Å². The molecule has 0 bridgehead atoms. The molecular formula is C7H4F3LiN2O2. The molecule has 1 aromatic heterocycles. The Morgan fingerprint density at radius 3 is 2.47 bits per heavy atom. The Balaban J connectivity index is 0.00000196. The van der Waals surface area contributed by atoms with Crippen molar-refractivity contribution in [1.29, 1.82) is 0 Å². The van der Waals surface area contributed by atoms with Gasteiger partial charge in [0.05, 0.1) is 11.9 Å². The van der Waals surface area contributed by atoms with Gasteiger partial charge in [0.25, 0.3) is 0 Å². The van der Waals surface area contributed by atoms with E-state index in [0.29, 0.717) is 6.20 Å². The van der Waals surface area contributed by atoms with E-state index in [-0.39, 0.29) is 24.6 Å². The van der Waals surface area contributed by atoms with Gasteiger partial charge in [-0.15, -0.1) is 0 Å². The van der Waals surface area contributed by atoms with E-state index in [9.17, 15) is 23.1 Å². The largest absolute Gasteiger partial charge is 1.00 e. The topological polar surface area (TPSA) is 65.9 Å². The van der Waals surface area contributed by atoms with Crippen LogP contribution in [0, 0.1) is 0 Å². The molecule has 1 aromatic rings. The first-order chi connectivity index (χ1) is 6.39. The molecule has 0 saturated heterocycles. The second-order valence-corrected chi connectivity index (χ2v) is 2.44. The van der Waals surface area contributed by atoms with Crippen LogP contribution in [-0.2, 0) is 17.4 Å². The SMILES string of the molecule is O=C([O-])Cc1cncc(C(F)(F)F)n1.[Li+]. The number of nitrogens with zero attached hydrogens (tertiary/aromatic N) is 2. The first kappa shape index (κ1) is 13.9. The number of aromatic nitrogens is 2. The molecule has 76 valence electrons. The predicted molar refractivity (Wildman–Crippen MR) is 35.7 cm³/mol. The van der Waals surface area contributed by atoms with Gasteiger partial charge < -0.3 is 9.90 Å². The molecule has 15 heavy (non-hydrogen) atoms. The summed E-state index contributed by atoms with van der Waals surface area (Å²) < 4.78 is 36.1. The molecule has 0 unspecified atom stereocenters. The van der Waals surface area contributed by atoms with Gasteiger partial charge in [-0.05, 0) is 0 Å². The smallest absolute Gasteiger partial charge is 0.550 e. The number of carbonyl (C=O) groups is 1. The van der Waals surface area contributed by atoms with Crippen LogP contribution in [-0.4, -0.2) is 15.9 Å². The molecular weight excluding hydrogens is 208 g/mol. The second-order valence-electron chi connectivity index (χ2n) is 2.44. The van der Waals surface area contributed by atoms with Gasteiger partial charge in [-0.3, -0.25) is 4.98 Å². The number of carboxylic acids is 1. The molecule has 0 saturated carbocycles. The summed E-state index contributed by atoms with van der Waals surface area (Å²) in [5.74, 6) is -1.50. The Bertz CT molecular complexity index is 356. The third-order valence-electron chi connectivity index (χ3n) is 1.30. The van der Waals surface area contributed by atoms with Crippen LogP contribution in [0.25, 0.3) is 0 Å². The van der Waals surface area contributed by atoms with Crippen molar-refractivity contribution in [3.63, 3.8) is 0 Å². The van der Waals surface area contributed by atoms with Crippen molar-refractivity contribution < 1.29 is 41.9 Å². The van der Waals surface area contributed by atoms with Crippen LogP contribution in [0.15, 0.2) is 12.4 Å². The van der Waals surface area contributed by atoms with E-state index in [0.717, 1.165) is 6.20 Å². The number of alkyl halides is 3. The van der Waals surface area contributed by atoms with E-state index in [1.807, 2.05) is 0 Å². The summed E-state index contributed by atoms with van der Waals surface area (Å²) in [6.45, 7) is 0. The van der Waals surface area contributed by atoms with Gasteiger partial charge in [-0.2, -0.15) is 13.2 Å². The number of halogens is 3. The zero-order chi connectivity index (χ0) is 10.8. The van der Waals surface area contributed by atoms with Gasteiger partial charge in [-0.25, -0.2) is 4.98 Å². The van der Waals surface area contributed by atoms with Crippen molar-refractivity contribution in [3.8, 4) is 0 Å². The minimum absolute atomic E-state index is 0. The van der Waals surface area contributed by atoms with Gasteiger partial charge in [0.1, 0.15) is 0 Å². The maximum absolute atomic E-state index is 12.0. The van der Waals surface area contributed by atoms with E-state index in [1.165, 1.54) is 0 Å². The number of hydrogen-bond acceptors (Lipinski definition) is 4. The first-order valence-corrected chi connectivity index (χ1v) is 3.47. The average Bonchev–Trinajstić information content (AvgIpc) is 2.01. The zero-order valence-corrected chi connectivity index (χ0v) is 7.71. The Kier molecular flexibility index (Phi) is 4.78. The van der Waals surface area contributed by atoms with Crippen molar-refractivity contribution in [3.05, 3.63) is 23.8 Å². The van der Waals surface area contributed by atoms with Crippen molar-refractivity contribution in [2.24, 2.45) is 0 Å². The minimum atomic E-state index is -4.62. The molecule has 1 rings (SSSR count). The summed E-state index contributed by atoms with van der Waals surface area (Å²) in [6.07, 6.45) is -3.82. The Morgan fingerprint density at radius 1 is 1.40 bits per heavy atom. The van der Waals surface area contributed by atoms with Crippen LogP contribution < -0.4 is 24.0 Å². The monoisotopic (exact) mass is 212 g/mol. The van der Waals surface area contributed by atoms with Crippen LogP contribution in [0.4, 0.5) is 13.2 Å². The van der Waals surface area contributed by atoms with Gasteiger partial charge in [-0.1, -0.05) is 0 Å². The van der Waals surface area contributed by atoms with E-state index in [2.05, 4.69) is 9.97 Å². The molecule has 0 aromatic carbocycles.